The first-order valence-electron chi connectivity index (χ1n) is 7.00. The van der Waals surface area contributed by atoms with Crippen molar-refractivity contribution in [2.24, 2.45) is 5.84 Å². The lowest BCUT2D eigenvalue weighted by Crippen LogP contribution is -2.32. The van der Waals surface area contributed by atoms with Gasteiger partial charge in [-0.15, -0.1) is 0 Å². The molecule has 1 aromatic rings. The first-order chi connectivity index (χ1) is 10.2. The SMILES string of the molecule is COCCNC(=O)CNc1nc(C2CC2)nc(NN)c1C. The molecule has 0 atom stereocenters. The van der Waals surface area contributed by atoms with Crippen LogP contribution in [0.2, 0.25) is 0 Å². The number of carbonyl (C=O) groups is 1. The average Bonchev–Trinajstić information content (AvgIpc) is 3.31. The molecule has 1 saturated carbocycles. The molecule has 8 heteroatoms. The zero-order valence-corrected chi connectivity index (χ0v) is 12.4. The summed E-state index contributed by atoms with van der Waals surface area (Å²) in [6.07, 6.45) is 2.20. The Morgan fingerprint density at radius 2 is 2.10 bits per heavy atom. The maximum atomic E-state index is 11.7. The van der Waals surface area contributed by atoms with Crippen molar-refractivity contribution >= 4 is 17.5 Å². The Morgan fingerprint density at radius 3 is 2.71 bits per heavy atom. The number of nitrogens with two attached hydrogens (primary N) is 1. The molecule has 0 bridgehead atoms. The van der Waals surface area contributed by atoms with Crippen LogP contribution in [0.15, 0.2) is 0 Å². The molecule has 1 fully saturated rings. The van der Waals surface area contributed by atoms with E-state index in [-0.39, 0.29) is 12.5 Å². The fraction of sp³-hybridized carbons (Fsp3) is 0.615. The predicted molar refractivity (Wildman–Crippen MR) is 79.9 cm³/mol. The average molecular weight is 294 g/mol. The normalized spacial score (nSPS) is 13.9. The number of rotatable bonds is 8. The van der Waals surface area contributed by atoms with Crippen molar-refractivity contribution in [1.29, 1.82) is 0 Å². The van der Waals surface area contributed by atoms with E-state index in [0.29, 0.717) is 30.7 Å². The molecule has 21 heavy (non-hydrogen) atoms. The van der Waals surface area contributed by atoms with E-state index >= 15 is 0 Å². The Kier molecular flexibility index (Phi) is 5.29. The van der Waals surface area contributed by atoms with Crippen LogP contribution < -0.4 is 21.9 Å². The molecule has 0 radical (unpaired) electrons. The maximum Gasteiger partial charge on any atom is 0.239 e. The smallest absolute Gasteiger partial charge is 0.239 e. The van der Waals surface area contributed by atoms with E-state index in [1.807, 2.05) is 6.92 Å². The van der Waals surface area contributed by atoms with Crippen LogP contribution in [-0.2, 0) is 9.53 Å². The number of nitrogens with one attached hydrogen (secondary N) is 3. The number of nitrogen functional groups attached to an aromatic ring is 1. The largest absolute Gasteiger partial charge is 0.383 e. The van der Waals surface area contributed by atoms with Crippen molar-refractivity contribution in [1.82, 2.24) is 15.3 Å². The van der Waals surface area contributed by atoms with E-state index in [2.05, 4.69) is 26.0 Å². The molecular formula is C13H22N6O2. The Labute approximate surface area is 123 Å². The van der Waals surface area contributed by atoms with Gasteiger partial charge in [0, 0.05) is 25.1 Å². The van der Waals surface area contributed by atoms with E-state index < -0.39 is 0 Å². The summed E-state index contributed by atoms with van der Waals surface area (Å²) in [6.45, 7) is 2.99. The van der Waals surface area contributed by atoms with Crippen LogP contribution in [-0.4, -0.2) is 42.7 Å². The van der Waals surface area contributed by atoms with Gasteiger partial charge < -0.3 is 20.8 Å². The molecule has 0 spiro atoms. The highest BCUT2D eigenvalue weighted by Crippen LogP contribution is 2.39. The summed E-state index contributed by atoms with van der Waals surface area (Å²) in [5.74, 6) is 7.79. The van der Waals surface area contributed by atoms with Crippen LogP contribution >= 0.6 is 0 Å². The van der Waals surface area contributed by atoms with Crippen molar-refractivity contribution in [2.45, 2.75) is 25.7 Å². The minimum absolute atomic E-state index is 0.111. The van der Waals surface area contributed by atoms with E-state index in [1.165, 1.54) is 0 Å². The summed E-state index contributed by atoms with van der Waals surface area (Å²) in [7, 11) is 1.59. The second-order valence-corrected chi connectivity index (χ2v) is 5.02. The Morgan fingerprint density at radius 1 is 1.38 bits per heavy atom. The van der Waals surface area contributed by atoms with E-state index in [1.54, 1.807) is 7.11 Å². The molecule has 5 N–H and O–H groups in total. The summed E-state index contributed by atoms with van der Waals surface area (Å²) >= 11 is 0. The summed E-state index contributed by atoms with van der Waals surface area (Å²) in [6, 6.07) is 0. The Bertz CT molecular complexity index is 504. The van der Waals surface area contributed by atoms with Crippen molar-refractivity contribution in [2.75, 3.05) is 37.5 Å². The van der Waals surface area contributed by atoms with Crippen molar-refractivity contribution in [3.8, 4) is 0 Å². The molecule has 8 nitrogen and oxygen atoms in total. The number of hydrogen-bond acceptors (Lipinski definition) is 7. The molecule has 2 rings (SSSR count). The molecule has 1 amide bonds. The van der Waals surface area contributed by atoms with Gasteiger partial charge in [-0.05, 0) is 19.8 Å². The maximum absolute atomic E-state index is 11.7. The van der Waals surface area contributed by atoms with Gasteiger partial charge in [-0.1, -0.05) is 0 Å². The number of carbonyl (C=O) groups excluding carboxylic acids is 1. The quantitative estimate of drug-likeness (QED) is 0.306. The molecule has 0 unspecified atom stereocenters. The van der Waals surface area contributed by atoms with Gasteiger partial charge >= 0.3 is 0 Å². The van der Waals surface area contributed by atoms with Crippen LogP contribution in [0.4, 0.5) is 11.6 Å². The number of amides is 1. The Hall–Kier alpha value is -1.93. The highest BCUT2D eigenvalue weighted by atomic mass is 16.5. The van der Waals surface area contributed by atoms with Crippen LogP contribution in [0.5, 0.6) is 0 Å². The van der Waals surface area contributed by atoms with Gasteiger partial charge in [0.2, 0.25) is 5.91 Å². The predicted octanol–water partition coefficient (Wildman–Crippen LogP) is 0.123. The van der Waals surface area contributed by atoms with Crippen LogP contribution in [0.1, 0.15) is 30.1 Å². The zero-order valence-electron chi connectivity index (χ0n) is 12.4. The molecular weight excluding hydrogens is 272 g/mol. The number of hydrazine groups is 1. The fourth-order valence-corrected chi connectivity index (χ4v) is 1.89. The van der Waals surface area contributed by atoms with Gasteiger partial charge in [0.15, 0.2) is 0 Å². The highest BCUT2D eigenvalue weighted by Gasteiger charge is 2.28. The summed E-state index contributed by atoms with van der Waals surface area (Å²) in [4.78, 5) is 20.6. The number of anilines is 2. The monoisotopic (exact) mass is 294 g/mol. The van der Waals surface area contributed by atoms with Crippen molar-refractivity contribution < 1.29 is 9.53 Å². The van der Waals surface area contributed by atoms with Gasteiger partial charge in [0.25, 0.3) is 0 Å². The first kappa shape index (κ1) is 15.5. The molecule has 1 aliphatic rings. The second kappa shape index (κ2) is 7.19. The minimum Gasteiger partial charge on any atom is -0.383 e. The molecule has 0 aromatic carbocycles. The van der Waals surface area contributed by atoms with Crippen molar-refractivity contribution in [3.05, 3.63) is 11.4 Å². The van der Waals surface area contributed by atoms with E-state index in [0.717, 1.165) is 24.2 Å². The van der Waals surface area contributed by atoms with Crippen LogP contribution in [0.3, 0.4) is 0 Å². The third-order valence-electron chi connectivity index (χ3n) is 3.29. The topological polar surface area (TPSA) is 114 Å². The fourth-order valence-electron chi connectivity index (χ4n) is 1.89. The first-order valence-corrected chi connectivity index (χ1v) is 7.00. The van der Waals surface area contributed by atoms with Crippen LogP contribution in [0.25, 0.3) is 0 Å². The van der Waals surface area contributed by atoms with E-state index in [4.69, 9.17) is 10.6 Å². The van der Waals surface area contributed by atoms with Crippen LogP contribution in [0, 0.1) is 6.92 Å². The molecule has 0 saturated heterocycles. The molecule has 1 heterocycles. The number of aromatic nitrogens is 2. The lowest BCUT2D eigenvalue weighted by Gasteiger charge is -2.13. The highest BCUT2D eigenvalue weighted by molar-refractivity contribution is 5.80. The summed E-state index contributed by atoms with van der Waals surface area (Å²) < 4.78 is 4.88. The number of ether oxygens (including phenoxy) is 1. The lowest BCUT2D eigenvalue weighted by atomic mass is 10.3. The van der Waals surface area contributed by atoms with Gasteiger partial charge in [0.1, 0.15) is 17.5 Å². The number of hydrogen-bond donors (Lipinski definition) is 4. The number of nitrogens with zero attached hydrogens (tertiary/aromatic N) is 2. The lowest BCUT2D eigenvalue weighted by molar-refractivity contribution is -0.119. The van der Waals surface area contributed by atoms with Gasteiger partial charge in [-0.25, -0.2) is 15.8 Å². The molecule has 0 aliphatic heterocycles. The summed E-state index contributed by atoms with van der Waals surface area (Å²) in [5.41, 5.74) is 3.38. The molecule has 1 aliphatic carbocycles. The van der Waals surface area contributed by atoms with Crippen molar-refractivity contribution in [3.63, 3.8) is 0 Å². The number of methoxy groups -OCH3 is 1. The zero-order chi connectivity index (χ0) is 15.2. The Balaban J connectivity index is 1.98. The molecule has 116 valence electrons. The second-order valence-electron chi connectivity index (χ2n) is 5.02. The third kappa shape index (κ3) is 4.27. The molecule has 1 aromatic heterocycles. The minimum atomic E-state index is -0.111. The standard InChI is InChI=1S/C13H22N6O2/c1-8-11(16-7-10(20)15-5-6-21-2)17-13(9-3-4-9)18-12(8)19-14/h9H,3-7,14H2,1-2H3,(H,15,20)(H2,16,17,18,19). The van der Waals surface area contributed by atoms with Gasteiger partial charge in [-0.3, -0.25) is 4.79 Å². The van der Waals surface area contributed by atoms with Gasteiger partial charge in [-0.2, -0.15) is 0 Å². The van der Waals surface area contributed by atoms with Gasteiger partial charge in [0.05, 0.1) is 13.2 Å². The summed E-state index contributed by atoms with van der Waals surface area (Å²) in [5, 5.41) is 5.78. The third-order valence-corrected chi connectivity index (χ3v) is 3.29. The van der Waals surface area contributed by atoms with E-state index in [9.17, 15) is 4.79 Å².